The van der Waals surface area contributed by atoms with Crippen LogP contribution in [-0.4, -0.2) is 59.3 Å². The number of phenolic OH excluding ortho intramolecular Hbond substituents is 2. The minimum atomic E-state index is -0.181. The average molecular weight is 604 g/mol. The van der Waals surface area contributed by atoms with Crippen molar-refractivity contribution >= 4 is 12.4 Å². The van der Waals surface area contributed by atoms with Crippen LogP contribution in [0.2, 0.25) is 0 Å². The molecular formula is C39H61N3O2. The molecule has 0 aromatic heterocycles. The molecule has 1 fully saturated rings. The number of benzene rings is 2. The quantitative estimate of drug-likeness (QED) is 0.266. The summed E-state index contributed by atoms with van der Waals surface area (Å²) < 4.78 is 0. The number of phenols is 2. The highest BCUT2D eigenvalue weighted by Crippen LogP contribution is 2.37. The summed E-state index contributed by atoms with van der Waals surface area (Å²) in [6.07, 6.45) is 9.81. The predicted molar refractivity (Wildman–Crippen MR) is 190 cm³/mol. The van der Waals surface area contributed by atoms with Crippen LogP contribution in [0.3, 0.4) is 0 Å². The summed E-state index contributed by atoms with van der Waals surface area (Å²) in [6.45, 7) is 27.2. The molecule has 5 nitrogen and oxygen atoms in total. The van der Waals surface area contributed by atoms with Crippen LogP contribution in [0.4, 0.5) is 0 Å². The number of hydrogen-bond donors (Lipinski definition) is 2. The fourth-order valence-corrected chi connectivity index (χ4v) is 6.03. The third-order valence-corrected chi connectivity index (χ3v) is 9.22. The van der Waals surface area contributed by atoms with Gasteiger partial charge in [0, 0.05) is 29.1 Å². The zero-order chi connectivity index (χ0) is 32.9. The highest BCUT2D eigenvalue weighted by Gasteiger charge is 2.27. The maximum absolute atomic E-state index is 11.4. The van der Waals surface area contributed by atoms with Crippen LogP contribution in [0.1, 0.15) is 142 Å². The molecule has 2 N–H and O–H groups in total. The Kier molecular flexibility index (Phi) is 11.9. The predicted octanol–water partition coefficient (Wildman–Crippen LogP) is 9.11. The standard InChI is InChI=1S/C39H61N3O2/c1-12-42(13-2)20-16-17-27-21-30(37(3,4)5)22-28(35(27)43)25-40-33-18-14-15-19-34(33)41-26-29-23-31(38(6,7)8)24-32(36(29)44)39(9,10)11/h21-26,33-34,43-44H,12-20H2,1-11H3/t33-,34?/m1/s1. The third kappa shape index (κ3) is 9.42. The molecule has 5 heteroatoms. The van der Waals surface area contributed by atoms with E-state index in [1.807, 2.05) is 12.4 Å². The number of rotatable bonds is 10. The third-order valence-electron chi connectivity index (χ3n) is 9.22. The van der Waals surface area contributed by atoms with Crippen molar-refractivity contribution in [2.24, 2.45) is 9.98 Å². The van der Waals surface area contributed by atoms with E-state index in [1.54, 1.807) is 0 Å². The lowest BCUT2D eigenvalue weighted by Gasteiger charge is -2.28. The molecule has 0 amide bonds. The Hall–Kier alpha value is -2.66. The largest absolute Gasteiger partial charge is 0.507 e. The van der Waals surface area contributed by atoms with E-state index in [4.69, 9.17) is 9.98 Å². The van der Waals surface area contributed by atoms with Gasteiger partial charge in [-0.25, -0.2) is 0 Å². The lowest BCUT2D eigenvalue weighted by Crippen LogP contribution is -2.27. The summed E-state index contributed by atoms with van der Waals surface area (Å²) in [5, 5.41) is 22.6. The molecule has 244 valence electrons. The van der Waals surface area contributed by atoms with Gasteiger partial charge in [0.15, 0.2) is 0 Å². The number of hydrogen-bond acceptors (Lipinski definition) is 5. The first kappa shape index (κ1) is 35.8. The van der Waals surface area contributed by atoms with E-state index in [1.165, 1.54) is 11.1 Å². The second-order valence-corrected chi connectivity index (χ2v) is 15.9. The molecule has 2 aromatic rings. The van der Waals surface area contributed by atoms with E-state index >= 15 is 0 Å². The molecule has 0 spiro atoms. The number of aliphatic imine (C=N–C) groups is 2. The maximum Gasteiger partial charge on any atom is 0.128 e. The van der Waals surface area contributed by atoms with Crippen LogP contribution in [0.5, 0.6) is 11.5 Å². The molecule has 1 saturated carbocycles. The second-order valence-electron chi connectivity index (χ2n) is 15.9. The van der Waals surface area contributed by atoms with Crippen LogP contribution in [0.25, 0.3) is 0 Å². The van der Waals surface area contributed by atoms with Crippen molar-refractivity contribution in [1.29, 1.82) is 0 Å². The van der Waals surface area contributed by atoms with E-state index in [0.717, 1.165) is 80.4 Å². The second kappa shape index (κ2) is 14.6. The molecular weight excluding hydrogens is 542 g/mol. The van der Waals surface area contributed by atoms with Crippen molar-refractivity contribution in [3.63, 3.8) is 0 Å². The van der Waals surface area contributed by atoms with Gasteiger partial charge in [-0.3, -0.25) is 9.98 Å². The Bertz CT molecular complexity index is 1300. The van der Waals surface area contributed by atoms with E-state index in [2.05, 4.69) is 105 Å². The molecule has 1 aliphatic carbocycles. The Morgan fingerprint density at radius 1 is 0.705 bits per heavy atom. The molecule has 1 aliphatic rings. The average Bonchev–Trinajstić information content (AvgIpc) is 2.93. The van der Waals surface area contributed by atoms with Crippen molar-refractivity contribution in [2.45, 2.75) is 143 Å². The van der Waals surface area contributed by atoms with Crippen LogP contribution < -0.4 is 0 Å². The van der Waals surface area contributed by atoms with Gasteiger partial charge in [-0.05, 0) is 90.4 Å². The van der Waals surface area contributed by atoms with Crippen LogP contribution >= 0.6 is 0 Å². The molecule has 3 rings (SSSR count). The first-order valence-corrected chi connectivity index (χ1v) is 17.0. The fraction of sp³-hybridized carbons (Fsp3) is 0.641. The summed E-state index contributed by atoms with van der Waals surface area (Å²) in [5.41, 5.74) is 5.70. The number of nitrogens with zero attached hydrogens (tertiary/aromatic N) is 3. The zero-order valence-corrected chi connectivity index (χ0v) is 29.7. The monoisotopic (exact) mass is 603 g/mol. The molecule has 44 heavy (non-hydrogen) atoms. The van der Waals surface area contributed by atoms with Gasteiger partial charge in [0.25, 0.3) is 0 Å². The highest BCUT2D eigenvalue weighted by atomic mass is 16.3. The minimum absolute atomic E-state index is 0.0307. The number of aryl methyl sites for hydroxylation is 1. The summed E-state index contributed by atoms with van der Waals surface area (Å²) in [4.78, 5) is 12.6. The van der Waals surface area contributed by atoms with Gasteiger partial charge in [0.1, 0.15) is 11.5 Å². The van der Waals surface area contributed by atoms with Gasteiger partial charge < -0.3 is 15.1 Å². The zero-order valence-electron chi connectivity index (χ0n) is 29.7. The van der Waals surface area contributed by atoms with Gasteiger partial charge in [0.05, 0.1) is 12.1 Å². The van der Waals surface area contributed by atoms with Crippen molar-refractivity contribution < 1.29 is 10.2 Å². The van der Waals surface area contributed by atoms with Gasteiger partial charge >= 0.3 is 0 Å². The SMILES string of the molecule is CCN(CC)CCCc1cc(C(C)(C)C)cc(C=N[C@@H]2CCCCC2N=Cc2cc(C(C)(C)C)cc(C(C)(C)C)c2O)c1O. The normalized spacial score (nSPS) is 18.6. The Balaban J connectivity index is 1.92. The van der Waals surface area contributed by atoms with Gasteiger partial charge in [-0.2, -0.15) is 0 Å². The minimum Gasteiger partial charge on any atom is -0.507 e. The molecule has 1 unspecified atom stereocenters. The van der Waals surface area contributed by atoms with Crippen molar-refractivity contribution in [1.82, 2.24) is 4.90 Å². The summed E-state index contributed by atoms with van der Waals surface area (Å²) >= 11 is 0. The van der Waals surface area contributed by atoms with Crippen LogP contribution in [0.15, 0.2) is 34.3 Å². The summed E-state index contributed by atoms with van der Waals surface area (Å²) in [7, 11) is 0. The Morgan fingerprint density at radius 2 is 1.18 bits per heavy atom. The highest BCUT2D eigenvalue weighted by molar-refractivity contribution is 5.86. The molecule has 0 heterocycles. The van der Waals surface area contributed by atoms with E-state index in [-0.39, 0.29) is 28.3 Å². The van der Waals surface area contributed by atoms with Crippen LogP contribution in [-0.2, 0) is 22.7 Å². The van der Waals surface area contributed by atoms with Crippen molar-refractivity contribution in [3.8, 4) is 11.5 Å². The topological polar surface area (TPSA) is 68.4 Å². The number of aromatic hydroxyl groups is 2. The Morgan fingerprint density at radius 3 is 1.64 bits per heavy atom. The molecule has 0 aliphatic heterocycles. The maximum atomic E-state index is 11.4. The Labute approximate surface area is 268 Å². The summed E-state index contributed by atoms with van der Waals surface area (Å²) in [6, 6.07) is 8.62. The van der Waals surface area contributed by atoms with E-state index < -0.39 is 0 Å². The molecule has 0 bridgehead atoms. The van der Waals surface area contributed by atoms with Crippen LogP contribution in [0, 0.1) is 0 Å². The van der Waals surface area contributed by atoms with Gasteiger partial charge in [0.2, 0.25) is 0 Å². The summed E-state index contributed by atoms with van der Waals surface area (Å²) in [5.74, 6) is 0.679. The van der Waals surface area contributed by atoms with Gasteiger partial charge in [-0.1, -0.05) is 101 Å². The van der Waals surface area contributed by atoms with Crippen molar-refractivity contribution in [2.75, 3.05) is 19.6 Å². The molecule has 2 aromatic carbocycles. The van der Waals surface area contributed by atoms with E-state index in [0.29, 0.717) is 11.5 Å². The van der Waals surface area contributed by atoms with Gasteiger partial charge in [-0.15, -0.1) is 0 Å². The van der Waals surface area contributed by atoms with Crippen molar-refractivity contribution in [3.05, 3.63) is 57.6 Å². The molecule has 0 saturated heterocycles. The first-order valence-electron chi connectivity index (χ1n) is 17.0. The molecule has 0 radical (unpaired) electrons. The van der Waals surface area contributed by atoms with E-state index in [9.17, 15) is 10.2 Å². The lowest BCUT2D eigenvalue weighted by molar-refractivity contribution is 0.299. The lowest BCUT2D eigenvalue weighted by atomic mass is 9.79. The smallest absolute Gasteiger partial charge is 0.128 e. The molecule has 2 atom stereocenters. The first-order chi connectivity index (χ1) is 20.5. The fourth-order valence-electron chi connectivity index (χ4n) is 6.03.